The smallest absolute Gasteiger partial charge is 0.226 e. The maximum Gasteiger partial charge on any atom is 0.226 e. The third-order valence-electron chi connectivity index (χ3n) is 3.05. The fourth-order valence-corrected chi connectivity index (χ4v) is 1.81. The number of hydrogen-bond donors (Lipinski definition) is 1. The maximum absolute atomic E-state index is 11.8. The van der Waals surface area contributed by atoms with E-state index in [1.807, 2.05) is 39.0 Å². The molecule has 0 saturated carbocycles. The lowest BCUT2D eigenvalue weighted by atomic mass is 10.1. The van der Waals surface area contributed by atoms with Crippen LogP contribution in [-0.4, -0.2) is 17.1 Å². The molecule has 0 fully saturated rings. The number of hydrogen-bond acceptors (Lipinski definition) is 3. The Bertz CT molecular complexity index is 560. The van der Waals surface area contributed by atoms with Gasteiger partial charge in [0.2, 0.25) is 5.91 Å². The van der Waals surface area contributed by atoms with Gasteiger partial charge in [0.25, 0.3) is 0 Å². The summed E-state index contributed by atoms with van der Waals surface area (Å²) in [5.41, 5.74) is 2.57. The highest BCUT2D eigenvalue weighted by Crippen LogP contribution is 2.20. The lowest BCUT2D eigenvalue weighted by Crippen LogP contribution is -2.33. The van der Waals surface area contributed by atoms with E-state index in [-0.39, 0.29) is 18.4 Å². The summed E-state index contributed by atoms with van der Waals surface area (Å²) in [6.45, 7) is 6.04. The van der Waals surface area contributed by atoms with Crippen molar-refractivity contribution in [1.82, 2.24) is 10.5 Å². The van der Waals surface area contributed by atoms with E-state index in [1.54, 1.807) is 0 Å². The molecule has 1 aromatic heterocycles. The molecule has 2 aromatic rings. The molecule has 0 radical (unpaired) electrons. The Morgan fingerprint density at radius 2 is 2.28 bits per heavy atom. The first-order valence-corrected chi connectivity index (χ1v) is 6.24. The van der Waals surface area contributed by atoms with E-state index in [9.17, 15) is 4.79 Å². The number of aryl methyl sites for hydroxylation is 1. The van der Waals surface area contributed by atoms with E-state index >= 15 is 0 Å². The van der Waals surface area contributed by atoms with Crippen molar-refractivity contribution in [3.8, 4) is 0 Å². The summed E-state index contributed by atoms with van der Waals surface area (Å²) in [5.74, 6) is -0.0129. The minimum absolute atomic E-state index is 0.0129. The maximum atomic E-state index is 11.8. The van der Waals surface area contributed by atoms with Crippen LogP contribution in [0.2, 0.25) is 0 Å². The van der Waals surface area contributed by atoms with Crippen molar-refractivity contribution in [3.63, 3.8) is 0 Å². The third-order valence-corrected chi connectivity index (χ3v) is 3.05. The molecule has 4 nitrogen and oxygen atoms in total. The van der Waals surface area contributed by atoms with Gasteiger partial charge in [-0.2, -0.15) is 0 Å². The number of benzene rings is 1. The molecular formula is C14H18N2O2. The second-order valence-corrected chi connectivity index (χ2v) is 4.68. The molecule has 1 N–H and O–H groups in total. The van der Waals surface area contributed by atoms with Crippen LogP contribution in [-0.2, 0) is 11.2 Å². The van der Waals surface area contributed by atoms with Crippen LogP contribution in [0.25, 0.3) is 11.0 Å². The van der Waals surface area contributed by atoms with Crippen LogP contribution >= 0.6 is 0 Å². The number of nitrogens with zero attached hydrogens (tertiary/aromatic N) is 1. The number of rotatable bonds is 4. The molecule has 96 valence electrons. The summed E-state index contributed by atoms with van der Waals surface area (Å²) in [6, 6.07) is 6.04. The Morgan fingerprint density at radius 1 is 1.50 bits per heavy atom. The van der Waals surface area contributed by atoms with Crippen LogP contribution in [0.4, 0.5) is 0 Å². The molecule has 2 rings (SSSR count). The Morgan fingerprint density at radius 3 is 3.00 bits per heavy atom. The van der Waals surface area contributed by atoms with Gasteiger partial charge in [-0.05, 0) is 32.4 Å². The largest absolute Gasteiger partial charge is 0.356 e. The molecule has 18 heavy (non-hydrogen) atoms. The molecular weight excluding hydrogens is 228 g/mol. The van der Waals surface area contributed by atoms with Crippen molar-refractivity contribution in [2.45, 2.75) is 39.7 Å². The van der Waals surface area contributed by atoms with Crippen LogP contribution in [0.1, 0.15) is 31.5 Å². The quantitative estimate of drug-likeness (QED) is 0.902. The van der Waals surface area contributed by atoms with E-state index in [1.165, 1.54) is 0 Å². The Hall–Kier alpha value is -1.84. The van der Waals surface area contributed by atoms with Gasteiger partial charge < -0.3 is 9.84 Å². The molecule has 0 aliphatic carbocycles. The van der Waals surface area contributed by atoms with E-state index in [4.69, 9.17) is 4.52 Å². The topological polar surface area (TPSA) is 55.1 Å². The first-order valence-electron chi connectivity index (χ1n) is 6.24. The van der Waals surface area contributed by atoms with Crippen molar-refractivity contribution >= 4 is 16.9 Å². The molecule has 1 amide bonds. The summed E-state index contributed by atoms with van der Waals surface area (Å²) in [7, 11) is 0. The van der Waals surface area contributed by atoms with Crippen molar-refractivity contribution < 1.29 is 9.32 Å². The monoisotopic (exact) mass is 246 g/mol. The van der Waals surface area contributed by atoms with Crippen molar-refractivity contribution in [3.05, 3.63) is 29.5 Å². The third kappa shape index (κ3) is 2.70. The van der Waals surface area contributed by atoms with E-state index in [0.717, 1.165) is 23.0 Å². The van der Waals surface area contributed by atoms with Gasteiger partial charge >= 0.3 is 0 Å². The van der Waals surface area contributed by atoms with Crippen LogP contribution in [0.15, 0.2) is 22.7 Å². The standard InChI is InChI=1S/C14H18N2O2/c1-4-10(3)15-14(17)8-12-11-7-9(2)5-6-13(11)18-16-12/h5-7,10H,4,8H2,1-3H3,(H,15,17). The zero-order valence-electron chi connectivity index (χ0n) is 11.0. The van der Waals surface area contributed by atoms with Gasteiger partial charge in [-0.1, -0.05) is 23.7 Å². The highest BCUT2D eigenvalue weighted by Gasteiger charge is 2.13. The summed E-state index contributed by atoms with van der Waals surface area (Å²) < 4.78 is 5.21. The van der Waals surface area contributed by atoms with Crippen molar-refractivity contribution in [2.24, 2.45) is 0 Å². The average Bonchev–Trinajstić information content (AvgIpc) is 2.71. The van der Waals surface area contributed by atoms with Gasteiger partial charge in [0.1, 0.15) is 5.69 Å². The number of nitrogens with one attached hydrogen (secondary N) is 1. The van der Waals surface area contributed by atoms with Crippen LogP contribution in [0.3, 0.4) is 0 Å². The second kappa shape index (κ2) is 5.21. The van der Waals surface area contributed by atoms with Crippen LogP contribution < -0.4 is 5.32 Å². The second-order valence-electron chi connectivity index (χ2n) is 4.68. The predicted octanol–water partition coefficient (Wildman–Crippen LogP) is 2.59. The summed E-state index contributed by atoms with van der Waals surface area (Å²) >= 11 is 0. The van der Waals surface area contributed by atoms with Gasteiger partial charge in [-0.15, -0.1) is 0 Å². The van der Waals surface area contributed by atoms with E-state index in [2.05, 4.69) is 10.5 Å². The molecule has 0 saturated heterocycles. The molecule has 0 spiro atoms. The fourth-order valence-electron chi connectivity index (χ4n) is 1.81. The Kier molecular flexibility index (Phi) is 3.65. The van der Waals surface area contributed by atoms with Crippen LogP contribution in [0.5, 0.6) is 0 Å². The SMILES string of the molecule is CCC(C)NC(=O)Cc1noc2ccc(C)cc12. The minimum atomic E-state index is -0.0129. The highest BCUT2D eigenvalue weighted by atomic mass is 16.5. The normalized spacial score (nSPS) is 12.6. The Balaban J connectivity index is 2.16. The van der Waals surface area contributed by atoms with Crippen LogP contribution in [0, 0.1) is 6.92 Å². The molecule has 1 unspecified atom stereocenters. The van der Waals surface area contributed by atoms with E-state index < -0.39 is 0 Å². The molecule has 0 aliphatic heterocycles. The average molecular weight is 246 g/mol. The van der Waals surface area contributed by atoms with Gasteiger partial charge in [0, 0.05) is 11.4 Å². The molecule has 0 bridgehead atoms. The lowest BCUT2D eigenvalue weighted by molar-refractivity contribution is -0.121. The summed E-state index contributed by atoms with van der Waals surface area (Å²) in [4.78, 5) is 11.8. The first-order chi connectivity index (χ1) is 8.60. The van der Waals surface area contributed by atoms with Crippen molar-refractivity contribution in [2.75, 3.05) is 0 Å². The fraction of sp³-hybridized carbons (Fsp3) is 0.429. The molecule has 0 aliphatic rings. The first kappa shape index (κ1) is 12.6. The minimum Gasteiger partial charge on any atom is -0.356 e. The van der Waals surface area contributed by atoms with Crippen molar-refractivity contribution in [1.29, 1.82) is 0 Å². The number of aromatic nitrogens is 1. The van der Waals surface area contributed by atoms with Gasteiger partial charge in [0.15, 0.2) is 5.58 Å². The number of fused-ring (bicyclic) bond motifs is 1. The highest BCUT2D eigenvalue weighted by molar-refractivity contribution is 5.86. The molecule has 1 aromatic carbocycles. The number of carbonyl (C=O) groups is 1. The van der Waals surface area contributed by atoms with Gasteiger partial charge in [0.05, 0.1) is 6.42 Å². The van der Waals surface area contributed by atoms with Gasteiger partial charge in [-0.25, -0.2) is 0 Å². The molecule has 4 heteroatoms. The predicted molar refractivity (Wildman–Crippen MR) is 70.3 cm³/mol. The number of amides is 1. The summed E-state index contributed by atoms with van der Waals surface area (Å²) in [5, 5.41) is 7.83. The zero-order valence-corrected chi connectivity index (χ0v) is 11.0. The number of carbonyl (C=O) groups excluding carboxylic acids is 1. The lowest BCUT2D eigenvalue weighted by Gasteiger charge is -2.10. The molecule has 1 heterocycles. The van der Waals surface area contributed by atoms with E-state index in [0.29, 0.717) is 5.69 Å². The molecule has 1 atom stereocenters. The zero-order chi connectivity index (χ0) is 13.1. The Labute approximate surface area is 106 Å². The van der Waals surface area contributed by atoms with Gasteiger partial charge in [-0.3, -0.25) is 4.79 Å². The summed E-state index contributed by atoms with van der Waals surface area (Å²) in [6.07, 6.45) is 1.19.